The number of rotatable bonds is 9. The van der Waals surface area contributed by atoms with Gasteiger partial charge in [-0.15, -0.1) is 0 Å². The van der Waals surface area contributed by atoms with Crippen LogP contribution in [-0.4, -0.2) is 38.2 Å². The summed E-state index contributed by atoms with van der Waals surface area (Å²) < 4.78 is 25.7. The van der Waals surface area contributed by atoms with E-state index >= 15 is 0 Å². The molecule has 28 heavy (non-hydrogen) atoms. The van der Waals surface area contributed by atoms with Gasteiger partial charge in [-0.2, -0.15) is 0 Å². The Morgan fingerprint density at radius 3 is 2.14 bits per heavy atom. The topological polar surface area (TPSA) is 55.8 Å². The van der Waals surface area contributed by atoms with Crippen molar-refractivity contribution in [1.29, 1.82) is 0 Å². The minimum absolute atomic E-state index is 0.0853. The minimum atomic E-state index is -1.93. The summed E-state index contributed by atoms with van der Waals surface area (Å²) in [6, 6.07) is 0. The molecule has 1 N–H and O–H groups in total. The number of carbonyl (C=O) groups is 1. The molecular formula is C22H41FO4Si. The first-order chi connectivity index (χ1) is 12.5. The molecule has 0 saturated heterocycles. The van der Waals surface area contributed by atoms with Crippen LogP contribution < -0.4 is 0 Å². The maximum atomic E-state index is 14.3. The molecule has 6 heteroatoms. The molecule has 0 aliphatic heterocycles. The van der Waals surface area contributed by atoms with Gasteiger partial charge in [-0.05, 0) is 58.3 Å². The molecule has 0 radical (unpaired) electrons. The van der Waals surface area contributed by atoms with Gasteiger partial charge in [0.2, 0.25) is 0 Å². The Bertz CT molecular complexity index is 556. The fraction of sp³-hybridized carbons (Fsp3) is 0.773. The number of esters is 1. The van der Waals surface area contributed by atoms with Crippen LogP contribution in [0.5, 0.6) is 0 Å². The molecule has 0 bridgehead atoms. The Balaban J connectivity index is 4.62. The van der Waals surface area contributed by atoms with Crippen molar-refractivity contribution >= 4 is 14.3 Å². The molecule has 0 aliphatic carbocycles. The third kappa shape index (κ3) is 9.48. The van der Waals surface area contributed by atoms with E-state index in [1.165, 1.54) is 12.2 Å². The van der Waals surface area contributed by atoms with Gasteiger partial charge in [-0.3, -0.25) is 4.79 Å². The first kappa shape index (κ1) is 27.0. The summed E-state index contributed by atoms with van der Waals surface area (Å²) in [6.07, 6.45) is 3.40. The second kappa shape index (κ2) is 10.7. The predicted octanol–water partition coefficient (Wildman–Crippen LogP) is 5.78. The van der Waals surface area contributed by atoms with Gasteiger partial charge in [0.15, 0.2) is 8.32 Å². The van der Waals surface area contributed by atoms with Gasteiger partial charge in [0.1, 0.15) is 11.9 Å². The highest BCUT2D eigenvalue weighted by Crippen LogP contribution is 2.38. The van der Waals surface area contributed by atoms with Crippen LogP contribution in [0.2, 0.25) is 18.1 Å². The molecule has 0 spiro atoms. The van der Waals surface area contributed by atoms with Crippen molar-refractivity contribution in [3.05, 3.63) is 24.1 Å². The maximum Gasteiger partial charge on any atom is 0.311 e. The first-order valence-corrected chi connectivity index (χ1v) is 13.0. The van der Waals surface area contributed by atoms with Crippen LogP contribution in [0.4, 0.5) is 4.39 Å². The van der Waals surface area contributed by atoms with Crippen LogP contribution in [0.15, 0.2) is 24.1 Å². The molecule has 0 rings (SSSR count). The molecular weight excluding hydrogens is 375 g/mol. The number of aliphatic hydroxyl groups is 1. The largest absolute Gasteiger partial charge is 0.465 e. The summed E-state index contributed by atoms with van der Waals surface area (Å²) in [7, 11) is -1.93. The van der Waals surface area contributed by atoms with Crippen molar-refractivity contribution in [3.63, 3.8) is 0 Å². The van der Waals surface area contributed by atoms with Crippen molar-refractivity contribution in [2.75, 3.05) is 6.61 Å². The molecule has 164 valence electrons. The average molecular weight is 417 g/mol. The van der Waals surface area contributed by atoms with Crippen LogP contribution in [0.25, 0.3) is 0 Å². The van der Waals surface area contributed by atoms with E-state index in [0.29, 0.717) is 6.42 Å². The Morgan fingerprint density at radius 2 is 1.68 bits per heavy atom. The van der Waals surface area contributed by atoms with Crippen molar-refractivity contribution < 1.29 is 23.5 Å². The van der Waals surface area contributed by atoms with Crippen molar-refractivity contribution in [1.82, 2.24) is 0 Å². The number of aliphatic hydroxyl groups excluding tert-OH is 1. The molecule has 0 amide bonds. The lowest BCUT2D eigenvalue weighted by Crippen LogP contribution is -2.44. The highest BCUT2D eigenvalue weighted by molar-refractivity contribution is 6.74. The van der Waals surface area contributed by atoms with E-state index in [-0.39, 0.29) is 29.6 Å². The van der Waals surface area contributed by atoms with Crippen LogP contribution in [0.3, 0.4) is 0 Å². The van der Waals surface area contributed by atoms with Crippen LogP contribution >= 0.6 is 0 Å². The number of ether oxygens (including phenoxy) is 1. The summed E-state index contributed by atoms with van der Waals surface area (Å²) >= 11 is 0. The number of halogens is 1. The second-order valence-electron chi connectivity index (χ2n) is 10.0. The van der Waals surface area contributed by atoms with E-state index < -0.39 is 25.7 Å². The molecule has 0 fully saturated rings. The van der Waals surface area contributed by atoms with E-state index in [1.54, 1.807) is 26.8 Å². The van der Waals surface area contributed by atoms with Crippen LogP contribution in [0, 0.1) is 11.3 Å². The molecule has 3 atom stereocenters. The lowest BCUT2D eigenvalue weighted by molar-refractivity contribution is -0.152. The second-order valence-corrected chi connectivity index (χ2v) is 14.8. The van der Waals surface area contributed by atoms with E-state index in [4.69, 9.17) is 9.16 Å². The Kier molecular flexibility index (Phi) is 10.3. The van der Waals surface area contributed by atoms with Crippen molar-refractivity contribution in [2.24, 2.45) is 11.3 Å². The number of carbonyl (C=O) groups excluding carboxylic acids is 1. The van der Waals surface area contributed by atoms with Gasteiger partial charge in [0.05, 0.1) is 12.0 Å². The summed E-state index contributed by atoms with van der Waals surface area (Å²) in [5.74, 6) is -1.04. The van der Waals surface area contributed by atoms with Gasteiger partial charge in [0, 0.05) is 12.0 Å². The minimum Gasteiger partial charge on any atom is -0.465 e. The van der Waals surface area contributed by atoms with Gasteiger partial charge in [-0.25, -0.2) is 4.39 Å². The number of hydrogen-bond donors (Lipinski definition) is 1. The molecule has 0 aromatic carbocycles. The zero-order valence-electron chi connectivity index (χ0n) is 19.4. The van der Waals surface area contributed by atoms with Crippen LogP contribution in [0.1, 0.15) is 61.8 Å². The van der Waals surface area contributed by atoms with Crippen molar-refractivity contribution in [2.45, 2.75) is 92.2 Å². The quantitative estimate of drug-likeness (QED) is 0.224. The third-order valence-electron chi connectivity index (χ3n) is 5.18. The molecule has 0 saturated carbocycles. The highest BCUT2D eigenvalue weighted by Gasteiger charge is 2.39. The maximum absolute atomic E-state index is 14.3. The van der Waals surface area contributed by atoms with Crippen LogP contribution in [-0.2, 0) is 14.0 Å². The number of hydrogen-bond acceptors (Lipinski definition) is 4. The summed E-state index contributed by atoms with van der Waals surface area (Å²) in [4.78, 5) is 11.6. The van der Waals surface area contributed by atoms with Gasteiger partial charge < -0.3 is 14.3 Å². The van der Waals surface area contributed by atoms with Crippen molar-refractivity contribution in [3.8, 4) is 0 Å². The zero-order chi connectivity index (χ0) is 22.3. The molecule has 0 aliphatic rings. The predicted molar refractivity (Wildman–Crippen MR) is 116 cm³/mol. The van der Waals surface area contributed by atoms with Gasteiger partial charge >= 0.3 is 5.97 Å². The highest BCUT2D eigenvalue weighted by atomic mass is 28.4. The Morgan fingerprint density at radius 1 is 1.14 bits per heavy atom. The standard InChI is InChI=1S/C22H41FO4Si/c1-16(17(2)27-28(9,10)22(6,7)8)15-18(23)19(24)13-11-12-14-26-20(25)21(3,4)5/h11,13,15-17,19,24H,12,14H2,1-10H3/b13-11-,18-15+/t16-,17+,19+/m1/s1. The normalized spacial score (nSPS) is 17.5. The molecule has 0 heterocycles. The fourth-order valence-corrected chi connectivity index (χ4v) is 3.48. The molecule has 4 nitrogen and oxygen atoms in total. The zero-order valence-corrected chi connectivity index (χ0v) is 20.4. The summed E-state index contributed by atoms with van der Waals surface area (Å²) in [5.41, 5.74) is -0.544. The molecule has 0 unspecified atom stereocenters. The summed E-state index contributed by atoms with van der Waals surface area (Å²) in [6.45, 7) is 20.2. The third-order valence-corrected chi connectivity index (χ3v) is 9.75. The lowest BCUT2D eigenvalue weighted by Gasteiger charge is -2.39. The first-order valence-electron chi connectivity index (χ1n) is 10.1. The Hall–Kier alpha value is -0.983. The lowest BCUT2D eigenvalue weighted by atomic mass is 9.97. The van der Waals surface area contributed by atoms with E-state index in [2.05, 4.69) is 33.9 Å². The molecule has 0 aromatic rings. The Labute approximate surface area is 172 Å². The summed E-state index contributed by atoms with van der Waals surface area (Å²) in [5, 5.41) is 10.1. The molecule has 0 aromatic heterocycles. The fourth-order valence-electron chi connectivity index (χ4n) is 1.99. The van der Waals surface area contributed by atoms with E-state index in [9.17, 15) is 14.3 Å². The van der Waals surface area contributed by atoms with E-state index in [0.717, 1.165) is 0 Å². The van der Waals surface area contributed by atoms with Gasteiger partial charge in [-0.1, -0.05) is 39.8 Å². The average Bonchev–Trinajstić information content (AvgIpc) is 2.51. The smallest absolute Gasteiger partial charge is 0.311 e. The van der Waals surface area contributed by atoms with Gasteiger partial charge in [0.25, 0.3) is 0 Å². The monoisotopic (exact) mass is 416 g/mol. The van der Waals surface area contributed by atoms with E-state index in [1.807, 2.05) is 13.8 Å². The SMILES string of the molecule is C[C@H](/C=C(/F)[C@@H](O)/C=C\CCOC(=O)C(C)(C)C)[C@H](C)O[Si](C)(C)C(C)(C)C.